The number of halogens is 1. The van der Waals surface area contributed by atoms with E-state index in [-0.39, 0.29) is 5.78 Å². The highest BCUT2D eigenvalue weighted by Gasteiger charge is 2.27. The maximum Gasteiger partial charge on any atom is 0.196 e. The Morgan fingerprint density at radius 2 is 1.89 bits per heavy atom. The fourth-order valence-electron chi connectivity index (χ4n) is 3.79. The first kappa shape index (κ1) is 18.8. The largest absolute Gasteiger partial charge is 0.390 e. The van der Waals surface area contributed by atoms with Crippen molar-refractivity contribution in [2.75, 3.05) is 18.8 Å². The van der Waals surface area contributed by atoms with Gasteiger partial charge in [-0.1, -0.05) is 48.5 Å². The highest BCUT2D eigenvalue weighted by molar-refractivity contribution is 7.16. The van der Waals surface area contributed by atoms with Crippen LogP contribution in [0, 0.1) is 0 Å². The topological polar surface area (TPSA) is 46.3 Å². The van der Waals surface area contributed by atoms with Gasteiger partial charge in [0, 0.05) is 30.1 Å². The summed E-state index contributed by atoms with van der Waals surface area (Å²) in [5, 5.41) is 0.575. The van der Waals surface area contributed by atoms with E-state index in [9.17, 15) is 9.18 Å². The third kappa shape index (κ3) is 3.86. The normalized spacial score (nSPS) is 14.0. The second kappa shape index (κ2) is 8.25. The fourth-order valence-corrected chi connectivity index (χ4v) is 4.95. The van der Waals surface area contributed by atoms with E-state index in [2.05, 4.69) is 29.2 Å². The summed E-state index contributed by atoms with van der Waals surface area (Å²) in [6, 6.07) is 17.3. The molecule has 1 aliphatic rings. The Labute approximate surface area is 168 Å². The number of anilines is 1. The average molecular weight is 395 g/mol. The number of nitrogens with zero attached hydrogens (tertiary/aromatic N) is 1. The molecule has 0 saturated carbocycles. The number of hydrogen-bond acceptors (Lipinski definition) is 4. The summed E-state index contributed by atoms with van der Waals surface area (Å²) >= 11 is 1.52. The van der Waals surface area contributed by atoms with Crippen molar-refractivity contribution >= 4 is 22.1 Å². The number of carbonyl (C=O) groups excluding carboxylic acids is 1. The number of carbonyl (C=O) groups is 1. The van der Waals surface area contributed by atoms with Crippen LogP contribution in [0.5, 0.6) is 0 Å². The number of ketones is 1. The van der Waals surface area contributed by atoms with Crippen molar-refractivity contribution in [3.63, 3.8) is 0 Å². The minimum atomic E-state index is -0.575. The van der Waals surface area contributed by atoms with E-state index in [4.69, 9.17) is 5.73 Å². The van der Waals surface area contributed by atoms with Crippen molar-refractivity contribution in [3.05, 3.63) is 87.3 Å². The molecule has 0 amide bonds. The molecule has 1 aliphatic heterocycles. The zero-order valence-corrected chi connectivity index (χ0v) is 16.5. The number of fused-ring (bicyclic) bond motifs is 1. The highest BCUT2D eigenvalue weighted by atomic mass is 32.1. The van der Waals surface area contributed by atoms with Gasteiger partial charge in [0.2, 0.25) is 0 Å². The molecule has 0 radical (unpaired) electrons. The zero-order valence-electron chi connectivity index (χ0n) is 15.7. The standard InChI is InChI=1S/C23H23FN2OS/c24-14-17-7-4-8-18(13-17)22(27)21-19-10-12-26(15-20(19)28-23(21)25)11-9-16-5-2-1-3-6-16/h1-8,13H,9-12,14-15,25H2. The molecule has 0 unspecified atom stereocenters. The van der Waals surface area contributed by atoms with Crippen LogP contribution in [0.2, 0.25) is 0 Å². The van der Waals surface area contributed by atoms with Gasteiger partial charge in [-0.05, 0) is 35.6 Å². The number of benzene rings is 2. The number of rotatable bonds is 6. The van der Waals surface area contributed by atoms with Crippen LogP contribution in [0.1, 0.15) is 37.5 Å². The summed E-state index contributed by atoms with van der Waals surface area (Å²) in [6.45, 7) is 2.16. The Kier molecular flexibility index (Phi) is 5.55. The molecule has 28 heavy (non-hydrogen) atoms. The minimum Gasteiger partial charge on any atom is -0.390 e. The quantitative estimate of drug-likeness (QED) is 0.620. The molecular weight excluding hydrogens is 371 g/mol. The van der Waals surface area contributed by atoms with Crippen LogP contribution in [0.15, 0.2) is 54.6 Å². The van der Waals surface area contributed by atoms with Gasteiger partial charge in [0.25, 0.3) is 0 Å². The van der Waals surface area contributed by atoms with Crippen LogP contribution in [-0.2, 0) is 26.1 Å². The van der Waals surface area contributed by atoms with Crippen LogP contribution < -0.4 is 5.73 Å². The summed E-state index contributed by atoms with van der Waals surface area (Å²) in [4.78, 5) is 16.7. The first-order chi connectivity index (χ1) is 13.7. The van der Waals surface area contributed by atoms with Crippen molar-refractivity contribution in [2.24, 2.45) is 0 Å². The third-order valence-corrected chi connectivity index (χ3v) is 6.34. The van der Waals surface area contributed by atoms with Crippen LogP contribution in [0.3, 0.4) is 0 Å². The van der Waals surface area contributed by atoms with Crippen molar-refractivity contribution in [2.45, 2.75) is 26.1 Å². The lowest BCUT2D eigenvalue weighted by Gasteiger charge is -2.27. The van der Waals surface area contributed by atoms with Gasteiger partial charge in [0.05, 0.1) is 10.6 Å². The number of thiophene rings is 1. The lowest BCUT2D eigenvalue weighted by molar-refractivity contribution is 0.103. The SMILES string of the molecule is Nc1sc2c(c1C(=O)c1cccc(CF)c1)CCN(CCc1ccccc1)C2. The van der Waals surface area contributed by atoms with Gasteiger partial charge >= 0.3 is 0 Å². The lowest BCUT2D eigenvalue weighted by Crippen LogP contribution is -2.32. The first-order valence-electron chi connectivity index (χ1n) is 9.51. The molecule has 0 spiro atoms. The smallest absolute Gasteiger partial charge is 0.196 e. The van der Waals surface area contributed by atoms with Crippen molar-refractivity contribution in [3.8, 4) is 0 Å². The Morgan fingerprint density at radius 3 is 2.68 bits per heavy atom. The van der Waals surface area contributed by atoms with Gasteiger partial charge in [0.1, 0.15) is 6.67 Å². The van der Waals surface area contributed by atoms with Crippen molar-refractivity contribution in [1.29, 1.82) is 0 Å². The molecule has 0 aliphatic carbocycles. The van der Waals surface area contributed by atoms with Gasteiger partial charge in [-0.25, -0.2) is 4.39 Å². The molecular formula is C23H23FN2OS. The van der Waals surface area contributed by atoms with Gasteiger partial charge in [-0.2, -0.15) is 0 Å². The molecule has 0 atom stereocenters. The average Bonchev–Trinajstić information content (AvgIpc) is 3.07. The third-order valence-electron chi connectivity index (χ3n) is 5.29. The van der Waals surface area contributed by atoms with Crippen molar-refractivity contribution < 1.29 is 9.18 Å². The molecule has 0 saturated heterocycles. The molecule has 144 valence electrons. The zero-order chi connectivity index (χ0) is 19.5. The maximum absolute atomic E-state index is 13.1. The highest BCUT2D eigenvalue weighted by Crippen LogP contribution is 2.36. The second-order valence-corrected chi connectivity index (χ2v) is 8.30. The molecule has 5 heteroatoms. The number of nitrogen functional groups attached to an aromatic ring is 1. The molecule has 2 aromatic carbocycles. The number of alkyl halides is 1. The van der Waals surface area contributed by atoms with Gasteiger partial charge in [-0.15, -0.1) is 11.3 Å². The van der Waals surface area contributed by atoms with E-state index in [0.717, 1.165) is 38.0 Å². The maximum atomic E-state index is 13.1. The summed E-state index contributed by atoms with van der Waals surface area (Å²) < 4.78 is 13.0. The molecule has 0 fully saturated rings. The van der Waals surface area contributed by atoms with E-state index >= 15 is 0 Å². The molecule has 3 aromatic rings. The van der Waals surface area contributed by atoms with E-state index in [0.29, 0.717) is 21.7 Å². The Bertz CT molecular complexity index is 984. The Hall–Kier alpha value is -2.50. The predicted octanol–water partition coefficient (Wildman–Crippen LogP) is 4.63. The van der Waals surface area contributed by atoms with Gasteiger partial charge in [0.15, 0.2) is 5.78 Å². The summed E-state index contributed by atoms with van der Waals surface area (Å²) in [5.41, 5.74) is 10.3. The number of hydrogen-bond donors (Lipinski definition) is 1. The van der Waals surface area contributed by atoms with E-state index in [1.165, 1.54) is 21.8 Å². The van der Waals surface area contributed by atoms with Crippen LogP contribution >= 0.6 is 11.3 Å². The van der Waals surface area contributed by atoms with Crippen molar-refractivity contribution in [1.82, 2.24) is 4.90 Å². The minimum absolute atomic E-state index is 0.0944. The first-order valence-corrected chi connectivity index (χ1v) is 10.3. The van der Waals surface area contributed by atoms with E-state index in [1.54, 1.807) is 24.3 Å². The van der Waals surface area contributed by atoms with E-state index < -0.39 is 6.67 Å². The van der Waals surface area contributed by atoms with Gasteiger partial charge in [-0.3, -0.25) is 9.69 Å². The predicted molar refractivity (Wildman–Crippen MR) is 113 cm³/mol. The summed E-state index contributed by atoms with van der Waals surface area (Å²) in [7, 11) is 0. The molecule has 2 heterocycles. The van der Waals surface area contributed by atoms with Crippen LogP contribution in [0.4, 0.5) is 9.39 Å². The molecule has 2 N–H and O–H groups in total. The molecule has 0 bridgehead atoms. The fraction of sp³-hybridized carbons (Fsp3) is 0.261. The molecule has 3 nitrogen and oxygen atoms in total. The second-order valence-electron chi connectivity index (χ2n) is 7.17. The van der Waals surface area contributed by atoms with Crippen LogP contribution in [0.25, 0.3) is 0 Å². The molecule has 4 rings (SSSR count). The Balaban J connectivity index is 1.51. The lowest BCUT2D eigenvalue weighted by atomic mass is 9.95. The van der Waals surface area contributed by atoms with Gasteiger partial charge < -0.3 is 5.73 Å². The van der Waals surface area contributed by atoms with Crippen LogP contribution in [-0.4, -0.2) is 23.8 Å². The Morgan fingerprint density at radius 1 is 1.11 bits per heavy atom. The molecule has 1 aromatic heterocycles. The van der Waals surface area contributed by atoms with E-state index in [1.807, 2.05) is 6.07 Å². The summed E-state index contributed by atoms with van der Waals surface area (Å²) in [6.07, 6.45) is 1.83. The monoisotopic (exact) mass is 394 g/mol. The summed E-state index contributed by atoms with van der Waals surface area (Å²) in [5.74, 6) is -0.0944. The number of nitrogens with two attached hydrogens (primary N) is 1.